The Bertz CT molecular complexity index is 723. The van der Waals surface area contributed by atoms with Gasteiger partial charge in [-0.1, -0.05) is 42.5 Å². The predicted octanol–water partition coefficient (Wildman–Crippen LogP) is 4.07. The molecule has 26 heavy (non-hydrogen) atoms. The van der Waals surface area contributed by atoms with Crippen molar-refractivity contribution < 1.29 is 10.2 Å². The molecule has 1 saturated heterocycles. The number of rotatable bonds is 4. The molecule has 1 aliphatic heterocycles. The van der Waals surface area contributed by atoms with E-state index >= 15 is 0 Å². The molecule has 3 atom stereocenters. The quantitative estimate of drug-likeness (QED) is 0.787. The van der Waals surface area contributed by atoms with E-state index in [0.717, 1.165) is 45.2 Å². The SMILES string of the molecule is Br.Oc1cccc([C@@]23CCN(CCc4ccccc4)[C@H](C[C@@H](O)C2)C3)c1. The summed E-state index contributed by atoms with van der Waals surface area (Å²) in [6.45, 7) is 2.12. The Morgan fingerprint density at radius 3 is 2.62 bits per heavy atom. The summed E-state index contributed by atoms with van der Waals surface area (Å²) in [5.74, 6) is 0.329. The first-order valence-corrected chi connectivity index (χ1v) is 9.40. The molecule has 4 heteroatoms. The lowest BCUT2D eigenvalue weighted by Crippen LogP contribution is -2.55. The minimum atomic E-state index is -0.249. The van der Waals surface area contributed by atoms with Crippen LogP contribution in [-0.4, -0.2) is 40.3 Å². The van der Waals surface area contributed by atoms with Crippen LogP contribution in [0.3, 0.4) is 0 Å². The van der Waals surface area contributed by atoms with Crippen molar-refractivity contribution in [3.8, 4) is 5.75 Å². The molecule has 2 fully saturated rings. The highest BCUT2D eigenvalue weighted by atomic mass is 79.9. The van der Waals surface area contributed by atoms with Crippen molar-refractivity contribution in [2.75, 3.05) is 13.1 Å². The van der Waals surface area contributed by atoms with Gasteiger partial charge in [-0.05, 0) is 61.9 Å². The van der Waals surface area contributed by atoms with E-state index in [9.17, 15) is 10.2 Å². The van der Waals surface area contributed by atoms with Crippen molar-refractivity contribution in [2.45, 2.75) is 49.7 Å². The van der Waals surface area contributed by atoms with Gasteiger partial charge in [0.15, 0.2) is 0 Å². The maximum atomic E-state index is 10.5. The first-order valence-electron chi connectivity index (χ1n) is 9.40. The second-order valence-electron chi connectivity index (χ2n) is 7.80. The molecule has 1 heterocycles. The van der Waals surface area contributed by atoms with Crippen LogP contribution in [0.25, 0.3) is 0 Å². The number of nitrogens with zero attached hydrogens (tertiary/aromatic N) is 1. The molecule has 1 saturated carbocycles. The third-order valence-electron chi connectivity index (χ3n) is 6.18. The highest BCUT2D eigenvalue weighted by Gasteiger charge is 2.46. The van der Waals surface area contributed by atoms with Gasteiger partial charge in [-0.15, -0.1) is 17.0 Å². The van der Waals surface area contributed by atoms with Crippen LogP contribution in [0, 0.1) is 0 Å². The summed E-state index contributed by atoms with van der Waals surface area (Å²) in [4.78, 5) is 2.57. The number of fused-ring (bicyclic) bond motifs is 2. The highest BCUT2D eigenvalue weighted by molar-refractivity contribution is 8.93. The fraction of sp³-hybridized carbons (Fsp3) is 0.455. The van der Waals surface area contributed by atoms with Crippen LogP contribution in [0.5, 0.6) is 5.75 Å². The molecule has 1 aliphatic carbocycles. The third-order valence-corrected chi connectivity index (χ3v) is 6.18. The van der Waals surface area contributed by atoms with E-state index in [4.69, 9.17) is 0 Å². The van der Waals surface area contributed by atoms with Crippen molar-refractivity contribution in [2.24, 2.45) is 0 Å². The maximum Gasteiger partial charge on any atom is 0.115 e. The van der Waals surface area contributed by atoms with Crippen LogP contribution >= 0.6 is 17.0 Å². The molecule has 2 N–H and O–H groups in total. The molecule has 2 aromatic rings. The van der Waals surface area contributed by atoms with Gasteiger partial charge in [0, 0.05) is 18.0 Å². The molecule has 2 aromatic carbocycles. The zero-order valence-electron chi connectivity index (χ0n) is 15.1. The van der Waals surface area contributed by atoms with Gasteiger partial charge < -0.3 is 10.2 Å². The fourth-order valence-corrected chi connectivity index (χ4v) is 4.92. The smallest absolute Gasteiger partial charge is 0.115 e. The summed E-state index contributed by atoms with van der Waals surface area (Å²) in [6.07, 6.45) is 4.64. The summed E-state index contributed by atoms with van der Waals surface area (Å²) in [6, 6.07) is 18.8. The topological polar surface area (TPSA) is 43.7 Å². The Morgan fingerprint density at radius 1 is 1.04 bits per heavy atom. The Morgan fingerprint density at radius 2 is 1.85 bits per heavy atom. The molecule has 3 nitrogen and oxygen atoms in total. The Balaban J connectivity index is 0.00000196. The van der Waals surface area contributed by atoms with Crippen LogP contribution < -0.4 is 0 Å². The van der Waals surface area contributed by atoms with Crippen LogP contribution in [0.15, 0.2) is 54.6 Å². The number of hydrogen-bond acceptors (Lipinski definition) is 3. The first kappa shape index (κ1) is 19.4. The second-order valence-corrected chi connectivity index (χ2v) is 7.80. The van der Waals surface area contributed by atoms with Crippen LogP contribution in [0.1, 0.15) is 36.8 Å². The summed E-state index contributed by atoms with van der Waals surface area (Å²) in [5.41, 5.74) is 2.59. The Kier molecular flexibility index (Phi) is 6.06. The van der Waals surface area contributed by atoms with Crippen molar-refractivity contribution in [3.05, 3.63) is 65.7 Å². The average molecular weight is 418 g/mol. The summed E-state index contributed by atoms with van der Waals surface area (Å²) in [5, 5.41) is 20.4. The monoisotopic (exact) mass is 417 g/mol. The van der Waals surface area contributed by atoms with E-state index in [1.807, 2.05) is 12.1 Å². The van der Waals surface area contributed by atoms with Gasteiger partial charge in [0.05, 0.1) is 6.10 Å². The van der Waals surface area contributed by atoms with Crippen LogP contribution in [-0.2, 0) is 11.8 Å². The van der Waals surface area contributed by atoms with Crippen molar-refractivity contribution in [1.29, 1.82) is 0 Å². The van der Waals surface area contributed by atoms with Crippen molar-refractivity contribution >= 4 is 17.0 Å². The number of aromatic hydroxyl groups is 1. The van der Waals surface area contributed by atoms with Crippen molar-refractivity contribution in [3.63, 3.8) is 0 Å². The number of phenols is 1. The van der Waals surface area contributed by atoms with E-state index in [1.54, 1.807) is 6.07 Å². The number of halogens is 1. The number of piperidine rings is 1. The third kappa shape index (κ3) is 3.98. The van der Waals surface area contributed by atoms with E-state index in [0.29, 0.717) is 11.8 Å². The molecular formula is C22H28BrNO2. The Labute approximate surface area is 166 Å². The number of aliphatic hydroxyl groups excluding tert-OH is 1. The number of hydrogen-bond donors (Lipinski definition) is 2. The lowest BCUT2D eigenvalue weighted by atomic mass is 9.62. The van der Waals surface area contributed by atoms with E-state index < -0.39 is 0 Å². The second kappa shape index (κ2) is 8.12. The highest BCUT2D eigenvalue weighted by Crippen LogP contribution is 2.47. The zero-order valence-corrected chi connectivity index (χ0v) is 16.8. The lowest BCUT2D eigenvalue weighted by molar-refractivity contribution is -0.0165. The number of benzene rings is 2. The molecule has 0 aromatic heterocycles. The minimum absolute atomic E-state index is 0. The Hall–Kier alpha value is -1.36. The average Bonchev–Trinajstić information content (AvgIpc) is 2.62. The summed E-state index contributed by atoms with van der Waals surface area (Å²) >= 11 is 0. The van der Waals surface area contributed by atoms with Gasteiger partial charge in [-0.3, -0.25) is 4.90 Å². The van der Waals surface area contributed by atoms with Gasteiger partial charge >= 0.3 is 0 Å². The van der Waals surface area contributed by atoms with Crippen LogP contribution in [0.4, 0.5) is 0 Å². The number of phenolic OH excluding ortho intramolecular Hbond substituents is 1. The number of likely N-dealkylation sites (tertiary alicyclic amines) is 1. The molecule has 140 valence electrons. The van der Waals surface area contributed by atoms with E-state index in [1.165, 1.54) is 11.1 Å². The first-order chi connectivity index (χ1) is 12.1. The molecule has 2 aliphatic rings. The molecule has 2 bridgehead atoms. The summed E-state index contributed by atoms with van der Waals surface area (Å²) < 4.78 is 0. The molecular weight excluding hydrogens is 390 g/mol. The van der Waals surface area contributed by atoms with Crippen molar-refractivity contribution in [1.82, 2.24) is 4.90 Å². The molecule has 4 rings (SSSR count). The molecule has 0 spiro atoms. The van der Waals surface area contributed by atoms with Crippen LogP contribution in [0.2, 0.25) is 0 Å². The van der Waals surface area contributed by atoms with Gasteiger partial charge in [0.2, 0.25) is 0 Å². The molecule has 0 radical (unpaired) electrons. The maximum absolute atomic E-state index is 10.5. The molecule has 0 amide bonds. The van der Waals surface area contributed by atoms with Gasteiger partial charge in [-0.25, -0.2) is 0 Å². The van der Waals surface area contributed by atoms with Gasteiger partial charge in [0.25, 0.3) is 0 Å². The number of aliphatic hydroxyl groups is 1. The fourth-order valence-electron chi connectivity index (χ4n) is 4.92. The van der Waals surface area contributed by atoms with Gasteiger partial charge in [-0.2, -0.15) is 0 Å². The largest absolute Gasteiger partial charge is 0.508 e. The zero-order chi connectivity index (χ0) is 17.3. The minimum Gasteiger partial charge on any atom is -0.508 e. The predicted molar refractivity (Wildman–Crippen MR) is 110 cm³/mol. The van der Waals surface area contributed by atoms with E-state index in [2.05, 4.69) is 41.3 Å². The normalized spacial score (nSPS) is 28.3. The standard InChI is InChI=1S/C22H27NO2.BrH/c24-20-8-4-7-18(13-20)22-10-12-23(19(15-22)14-21(25)16-22)11-9-17-5-2-1-3-6-17;/h1-8,13,19,21,24-25H,9-12,14-16H2;1H/t19-,21-,22-;/m1./s1. The summed E-state index contributed by atoms with van der Waals surface area (Å²) in [7, 11) is 0. The van der Waals surface area contributed by atoms with E-state index in [-0.39, 0.29) is 28.5 Å². The lowest BCUT2D eigenvalue weighted by Gasteiger charge is -2.52. The molecule has 0 unspecified atom stereocenters. The van der Waals surface area contributed by atoms with Gasteiger partial charge in [0.1, 0.15) is 5.75 Å².